The van der Waals surface area contributed by atoms with Gasteiger partial charge in [0, 0.05) is 55.0 Å². The molecule has 246 valence electrons. The summed E-state index contributed by atoms with van der Waals surface area (Å²) in [5, 5.41) is 10.3. The lowest BCUT2D eigenvalue weighted by molar-refractivity contribution is 0.669. The Hall–Kier alpha value is -7.24. The molecule has 0 saturated carbocycles. The van der Waals surface area contributed by atoms with Crippen molar-refractivity contribution in [3.8, 4) is 22.9 Å². The third-order valence-corrected chi connectivity index (χ3v) is 10.9. The van der Waals surface area contributed by atoms with Crippen LogP contribution in [-0.2, 0) is 0 Å². The number of rotatable bonds is 3. The van der Waals surface area contributed by atoms with Crippen LogP contribution in [-0.4, -0.2) is 19.1 Å². The van der Waals surface area contributed by atoms with Gasteiger partial charge in [0.05, 0.1) is 33.3 Å². The van der Waals surface area contributed by atoms with Gasteiger partial charge in [0.15, 0.2) is 0 Å². The van der Waals surface area contributed by atoms with Crippen molar-refractivity contribution in [1.82, 2.24) is 19.1 Å². The zero-order valence-corrected chi connectivity index (χ0v) is 28.4. The van der Waals surface area contributed by atoms with Gasteiger partial charge in [0.2, 0.25) is 5.95 Å². The Bertz CT molecular complexity index is 3460. The fourth-order valence-electron chi connectivity index (χ4n) is 8.57. The van der Waals surface area contributed by atoms with Crippen LogP contribution in [0.15, 0.2) is 174 Å². The van der Waals surface area contributed by atoms with Crippen LogP contribution in [0.3, 0.4) is 0 Å². The predicted molar refractivity (Wildman–Crippen MR) is 218 cm³/mol. The van der Waals surface area contributed by atoms with Gasteiger partial charge in [-0.05, 0) is 59.3 Å². The number of benzene rings is 8. The Labute approximate surface area is 302 Å². The molecule has 0 amide bonds. The highest BCUT2D eigenvalue weighted by Gasteiger charge is 2.24. The summed E-state index contributed by atoms with van der Waals surface area (Å²) in [6, 6.07) is 60.0. The molecule has 4 heterocycles. The second kappa shape index (κ2) is 10.6. The molecule has 4 aromatic heterocycles. The average molecular weight is 677 g/mol. The van der Waals surface area contributed by atoms with E-state index in [2.05, 4.69) is 155 Å². The first kappa shape index (κ1) is 28.5. The topological polar surface area (TPSA) is 48.8 Å². The molecule has 0 atom stereocenters. The minimum Gasteiger partial charge on any atom is -0.456 e. The number of nitrogens with zero attached hydrogens (tertiary/aromatic N) is 4. The molecule has 8 aromatic carbocycles. The third-order valence-electron chi connectivity index (χ3n) is 10.9. The summed E-state index contributed by atoms with van der Waals surface area (Å²) >= 11 is 0. The summed E-state index contributed by atoms with van der Waals surface area (Å²) < 4.78 is 11.1. The second-order valence-electron chi connectivity index (χ2n) is 13.8. The van der Waals surface area contributed by atoms with Gasteiger partial charge in [-0.1, -0.05) is 115 Å². The lowest BCUT2D eigenvalue weighted by Gasteiger charge is -2.12. The number of hydrogen-bond donors (Lipinski definition) is 0. The van der Waals surface area contributed by atoms with Crippen molar-refractivity contribution in [2.24, 2.45) is 0 Å². The molecule has 12 rings (SSSR count). The second-order valence-corrected chi connectivity index (χ2v) is 13.8. The van der Waals surface area contributed by atoms with E-state index >= 15 is 0 Å². The van der Waals surface area contributed by atoms with Crippen LogP contribution >= 0.6 is 0 Å². The summed E-state index contributed by atoms with van der Waals surface area (Å²) in [4.78, 5) is 10.6. The van der Waals surface area contributed by atoms with E-state index in [4.69, 9.17) is 14.4 Å². The minimum absolute atomic E-state index is 0.621. The fraction of sp³-hybridized carbons (Fsp3) is 0. The van der Waals surface area contributed by atoms with Gasteiger partial charge in [0.25, 0.3) is 0 Å². The quantitative estimate of drug-likeness (QED) is 0.187. The van der Waals surface area contributed by atoms with Crippen molar-refractivity contribution in [2.45, 2.75) is 0 Å². The van der Waals surface area contributed by atoms with Crippen molar-refractivity contribution >= 4 is 87.2 Å². The monoisotopic (exact) mass is 676 g/mol. The summed E-state index contributed by atoms with van der Waals surface area (Å²) in [6.07, 6.45) is 0. The van der Waals surface area contributed by atoms with E-state index in [0.29, 0.717) is 5.95 Å². The molecule has 0 aliphatic heterocycles. The standard InChI is InChI=1S/C48H28N4O/c1-2-13-30(14-3-1)47-34-17-6-9-19-38(34)49-48(50-47)52-41-25-24-40-45(46(41)37-27-36-33-16-8-11-21-43(33)53-44(36)28-42(37)52)35-18-7-10-20-39(35)51(40)32-23-22-29-12-4-5-15-31(29)26-32/h1-28H. The van der Waals surface area contributed by atoms with Gasteiger partial charge in [-0.15, -0.1) is 0 Å². The molecule has 0 fully saturated rings. The molecule has 5 nitrogen and oxygen atoms in total. The Balaban J connectivity index is 1.26. The van der Waals surface area contributed by atoms with Crippen LogP contribution in [0.2, 0.25) is 0 Å². The summed E-state index contributed by atoms with van der Waals surface area (Å²) in [6.45, 7) is 0. The van der Waals surface area contributed by atoms with Crippen LogP contribution in [0.4, 0.5) is 0 Å². The van der Waals surface area contributed by atoms with Gasteiger partial charge in [0.1, 0.15) is 11.2 Å². The highest BCUT2D eigenvalue weighted by Crippen LogP contribution is 2.44. The number of aromatic nitrogens is 4. The first-order valence-corrected chi connectivity index (χ1v) is 17.9. The molecular weight excluding hydrogens is 649 g/mol. The van der Waals surface area contributed by atoms with Crippen molar-refractivity contribution in [3.63, 3.8) is 0 Å². The Kier molecular flexibility index (Phi) is 5.71. The van der Waals surface area contributed by atoms with Crippen LogP contribution < -0.4 is 0 Å². The number of furan rings is 1. The molecule has 0 N–H and O–H groups in total. The molecule has 53 heavy (non-hydrogen) atoms. The normalized spacial score (nSPS) is 12.2. The Morgan fingerprint density at radius 2 is 1.09 bits per heavy atom. The van der Waals surface area contributed by atoms with E-state index in [1.807, 2.05) is 24.3 Å². The van der Waals surface area contributed by atoms with Gasteiger partial charge < -0.3 is 8.98 Å². The molecule has 0 aliphatic rings. The molecule has 0 radical (unpaired) electrons. The number of para-hydroxylation sites is 3. The van der Waals surface area contributed by atoms with E-state index < -0.39 is 0 Å². The van der Waals surface area contributed by atoms with Gasteiger partial charge in [-0.25, -0.2) is 9.97 Å². The molecular formula is C48H28N4O. The third kappa shape index (κ3) is 4.02. The van der Waals surface area contributed by atoms with Crippen molar-refractivity contribution in [3.05, 3.63) is 170 Å². The number of fused-ring (bicyclic) bond motifs is 12. The summed E-state index contributed by atoms with van der Waals surface area (Å²) in [7, 11) is 0. The first-order chi connectivity index (χ1) is 26.3. The van der Waals surface area contributed by atoms with Crippen molar-refractivity contribution in [1.29, 1.82) is 0 Å². The molecule has 0 saturated heterocycles. The van der Waals surface area contributed by atoms with E-state index in [-0.39, 0.29) is 0 Å². The Morgan fingerprint density at radius 3 is 1.98 bits per heavy atom. The first-order valence-electron chi connectivity index (χ1n) is 17.9. The predicted octanol–water partition coefficient (Wildman–Crippen LogP) is 12.5. The average Bonchev–Trinajstić information content (AvgIpc) is 3.86. The molecule has 0 spiro atoms. The van der Waals surface area contributed by atoms with E-state index in [1.54, 1.807) is 0 Å². The zero-order valence-electron chi connectivity index (χ0n) is 28.4. The van der Waals surface area contributed by atoms with Gasteiger partial charge >= 0.3 is 0 Å². The smallest absolute Gasteiger partial charge is 0.235 e. The van der Waals surface area contributed by atoms with Gasteiger partial charge in [-0.3, -0.25) is 4.57 Å². The van der Waals surface area contributed by atoms with Crippen LogP contribution in [0.25, 0.3) is 110 Å². The largest absolute Gasteiger partial charge is 0.456 e. The zero-order chi connectivity index (χ0) is 34.6. The number of hydrogen-bond acceptors (Lipinski definition) is 3. The van der Waals surface area contributed by atoms with E-state index in [1.165, 1.54) is 26.9 Å². The van der Waals surface area contributed by atoms with Crippen molar-refractivity contribution < 1.29 is 4.42 Å². The highest BCUT2D eigenvalue weighted by molar-refractivity contribution is 6.30. The lowest BCUT2D eigenvalue weighted by atomic mass is 10.0. The molecule has 0 bridgehead atoms. The Morgan fingerprint density at radius 1 is 0.396 bits per heavy atom. The maximum Gasteiger partial charge on any atom is 0.235 e. The van der Waals surface area contributed by atoms with Crippen LogP contribution in [0, 0.1) is 0 Å². The van der Waals surface area contributed by atoms with E-state index in [9.17, 15) is 0 Å². The van der Waals surface area contributed by atoms with Crippen molar-refractivity contribution in [2.75, 3.05) is 0 Å². The SMILES string of the molecule is c1ccc(-c2nc(-n3c4cc5oc6ccccc6c5cc4c4c5c6ccccc6n(-c6ccc7ccccc7c6)c5ccc43)nc3ccccc23)cc1. The summed E-state index contributed by atoms with van der Waals surface area (Å²) in [5.74, 6) is 0.621. The van der Waals surface area contributed by atoms with Gasteiger partial charge in [-0.2, -0.15) is 0 Å². The maximum atomic E-state index is 6.51. The van der Waals surface area contributed by atoms with Crippen LogP contribution in [0.1, 0.15) is 0 Å². The highest BCUT2D eigenvalue weighted by atomic mass is 16.3. The lowest BCUT2D eigenvalue weighted by Crippen LogP contribution is -2.03. The maximum absolute atomic E-state index is 6.51. The minimum atomic E-state index is 0.621. The molecule has 12 aromatic rings. The molecule has 5 heteroatoms. The van der Waals surface area contributed by atoms with Crippen LogP contribution in [0.5, 0.6) is 0 Å². The summed E-state index contributed by atoms with van der Waals surface area (Å²) in [5.41, 5.74) is 10.0. The van der Waals surface area contributed by atoms with E-state index in [0.717, 1.165) is 77.2 Å². The fourth-order valence-corrected chi connectivity index (χ4v) is 8.57. The molecule has 0 aliphatic carbocycles. The molecule has 0 unspecified atom stereocenters.